The molecule has 4 aliphatic carbocycles. The Labute approximate surface area is 122 Å². The van der Waals surface area contributed by atoms with Crippen LogP contribution in [-0.4, -0.2) is 5.78 Å². The van der Waals surface area contributed by atoms with Gasteiger partial charge in [-0.1, -0.05) is 31.1 Å². The second-order valence-corrected chi connectivity index (χ2v) is 8.10. The zero-order valence-corrected chi connectivity index (χ0v) is 12.9. The lowest BCUT2D eigenvalue weighted by Gasteiger charge is -2.55. The zero-order valence-electron chi connectivity index (χ0n) is 12.9. The van der Waals surface area contributed by atoms with E-state index >= 15 is 0 Å². The first-order valence-electron chi connectivity index (χ1n) is 8.47. The van der Waals surface area contributed by atoms with Gasteiger partial charge in [0.2, 0.25) is 0 Å². The fraction of sp³-hybridized carbons (Fsp3) is 0.737. The molecule has 108 valence electrons. The lowest BCUT2D eigenvalue weighted by Crippen LogP contribution is -2.46. The summed E-state index contributed by atoms with van der Waals surface area (Å²) in [6.45, 7) is 4.96. The third-order valence-electron chi connectivity index (χ3n) is 7.15. The van der Waals surface area contributed by atoms with Crippen molar-refractivity contribution in [2.75, 3.05) is 0 Å². The molecule has 2 saturated carbocycles. The van der Waals surface area contributed by atoms with E-state index in [0.717, 1.165) is 31.1 Å². The van der Waals surface area contributed by atoms with Crippen molar-refractivity contribution in [2.45, 2.75) is 65.2 Å². The lowest BCUT2D eigenvalue weighted by atomic mass is 9.49. The number of hydrogen-bond acceptors (Lipinski definition) is 1. The molecule has 4 atom stereocenters. The smallest absolute Gasteiger partial charge is 0.155 e. The molecule has 20 heavy (non-hydrogen) atoms. The average Bonchev–Trinajstić information content (AvgIpc) is 2.81. The van der Waals surface area contributed by atoms with Gasteiger partial charge in [0.1, 0.15) is 0 Å². The van der Waals surface area contributed by atoms with Gasteiger partial charge < -0.3 is 0 Å². The van der Waals surface area contributed by atoms with Gasteiger partial charge in [-0.05, 0) is 73.7 Å². The van der Waals surface area contributed by atoms with Crippen LogP contribution in [0.5, 0.6) is 0 Å². The van der Waals surface area contributed by atoms with Crippen LogP contribution >= 0.6 is 0 Å². The van der Waals surface area contributed by atoms with Crippen LogP contribution in [0, 0.1) is 22.7 Å². The molecule has 2 fully saturated rings. The van der Waals surface area contributed by atoms with E-state index in [1.807, 2.05) is 6.08 Å². The van der Waals surface area contributed by atoms with Crippen molar-refractivity contribution in [2.24, 2.45) is 22.7 Å². The molecular weight excluding hydrogens is 244 g/mol. The molecule has 4 rings (SSSR count). The highest BCUT2D eigenvalue weighted by molar-refractivity contribution is 5.91. The molecule has 0 aliphatic heterocycles. The van der Waals surface area contributed by atoms with E-state index in [-0.39, 0.29) is 0 Å². The van der Waals surface area contributed by atoms with Crippen molar-refractivity contribution in [1.29, 1.82) is 0 Å². The number of carbonyl (C=O) groups excluding carboxylic acids is 1. The van der Waals surface area contributed by atoms with Gasteiger partial charge in [0.15, 0.2) is 5.78 Å². The summed E-state index contributed by atoms with van der Waals surface area (Å²) in [6, 6.07) is 0. The predicted molar refractivity (Wildman–Crippen MR) is 81.3 cm³/mol. The summed E-state index contributed by atoms with van der Waals surface area (Å²) in [7, 11) is 0. The minimum atomic E-state index is 0.321. The quantitative estimate of drug-likeness (QED) is 0.576. The molecule has 1 heteroatoms. The largest absolute Gasteiger partial charge is 0.295 e. The Kier molecular flexibility index (Phi) is 2.63. The molecule has 0 radical (unpaired) electrons. The zero-order chi connectivity index (χ0) is 14.0. The predicted octanol–water partition coefficient (Wildman–Crippen LogP) is 4.83. The maximum Gasteiger partial charge on any atom is 0.155 e. The number of carbonyl (C=O) groups is 1. The second kappa shape index (κ2) is 4.08. The fourth-order valence-corrected chi connectivity index (χ4v) is 5.88. The van der Waals surface area contributed by atoms with Crippen molar-refractivity contribution in [1.82, 2.24) is 0 Å². The molecule has 0 spiro atoms. The first-order chi connectivity index (χ1) is 9.53. The lowest BCUT2D eigenvalue weighted by molar-refractivity contribution is -0.116. The molecule has 0 N–H and O–H groups in total. The third kappa shape index (κ3) is 1.58. The summed E-state index contributed by atoms with van der Waals surface area (Å²) >= 11 is 0. The van der Waals surface area contributed by atoms with Gasteiger partial charge in [0, 0.05) is 6.42 Å². The summed E-state index contributed by atoms with van der Waals surface area (Å²) in [4.78, 5) is 11.8. The van der Waals surface area contributed by atoms with Crippen LogP contribution in [0.15, 0.2) is 23.3 Å². The number of fused-ring (bicyclic) bond motifs is 5. The second-order valence-electron chi connectivity index (χ2n) is 8.10. The Morgan fingerprint density at radius 3 is 2.80 bits per heavy atom. The van der Waals surface area contributed by atoms with Crippen LogP contribution in [0.3, 0.4) is 0 Å². The summed E-state index contributed by atoms with van der Waals surface area (Å²) in [5.74, 6) is 1.98. The minimum absolute atomic E-state index is 0.321. The molecule has 0 saturated heterocycles. The van der Waals surface area contributed by atoms with Crippen molar-refractivity contribution in [3.05, 3.63) is 23.3 Å². The van der Waals surface area contributed by atoms with Crippen LogP contribution in [0.25, 0.3) is 0 Å². The van der Waals surface area contributed by atoms with E-state index in [4.69, 9.17) is 0 Å². The summed E-state index contributed by atoms with van der Waals surface area (Å²) in [5, 5.41) is 0. The standard InChI is InChI=1S/C19H26O/c1-18-9-3-4-16(18)15-6-5-13-12-14(20)7-11-19(13,2)17(15)8-10-18/h4,12,15,17H,3,5-11H2,1-2H3. The molecule has 0 aromatic heterocycles. The number of ketones is 1. The molecule has 4 unspecified atom stereocenters. The van der Waals surface area contributed by atoms with Gasteiger partial charge in [-0.2, -0.15) is 0 Å². The molecule has 0 aromatic rings. The van der Waals surface area contributed by atoms with Crippen LogP contribution in [0.4, 0.5) is 0 Å². The number of rotatable bonds is 0. The van der Waals surface area contributed by atoms with Gasteiger partial charge in [0.05, 0.1) is 0 Å². The Balaban J connectivity index is 1.73. The Morgan fingerprint density at radius 1 is 1.10 bits per heavy atom. The average molecular weight is 270 g/mol. The molecule has 0 heterocycles. The van der Waals surface area contributed by atoms with Gasteiger partial charge in [-0.3, -0.25) is 4.79 Å². The fourth-order valence-electron chi connectivity index (χ4n) is 5.88. The van der Waals surface area contributed by atoms with E-state index in [9.17, 15) is 4.79 Å². The van der Waals surface area contributed by atoms with Gasteiger partial charge in [-0.25, -0.2) is 0 Å². The van der Waals surface area contributed by atoms with E-state index in [0.29, 0.717) is 16.6 Å². The van der Waals surface area contributed by atoms with Crippen LogP contribution in [0.2, 0.25) is 0 Å². The SMILES string of the molecule is CC12CCC=C1C1CCC3=CC(=O)CCC3(C)C1CC2. The Hall–Kier alpha value is -0.850. The molecule has 0 aromatic carbocycles. The highest BCUT2D eigenvalue weighted by Gasteiger charge is 2.53. The normalized spacial score (nSPS) is 47.0. The van der Waals surface area contributed by atoms with Crippen molar-refractivity contribution in [3.63, 3.8) is 0 Å². The summed E-state index contributed by atoms with van der Waals surface area (Å²) < 4.78 is 0. The first-order valence-corrected chi connectivity index (χ1v) is 8.47. The summed E-state index contributed by atoms with van der Waals surface area (Å²) in [5.41, 5.74) is 4.12. The van der Waals surface area contributed by atoms with E-state index in [2.05, 4.69) is 19.9 Å². The molecule has 0 amide bonds. The van der Waals surface area contributed by atoms with Crippen LogP contribution in [-0.2, 0) is 4.79 Å². The van der Waals surface area contributed by atoms with Crippen LogP contribution in [0.1, 0.15) is 65.2 Å². The molecule has 1 nitrogen and oxygen atoms in total. The van der Waals surface area contributed by atoms with E-state index in [1.54, 1.807) is 5.57 Å². The monoisotopic (exact) mass is 270 g/mol. The third-order valence-corrected chi connectivity index (χ3v) is 7.15. The van der Waals surface area contributed by atoms with Gasteiger partial charge >= 0.3 is 0 Å². The van der Waals surface area contributed by atoms with Crippen molar-refractivity contribution < 1.29 is 4.79 Å². The van der Waals surface area contributed by atoms with Crippen molar-refractivity contribution >= 4 is 5.78 Å². The highest BCUT2D eigenvalue weighted by atomic mass is 16.1. The first kappa shape index (κ1) is 12.9. The molecular formula is C19H26O. The highest BCUT2D eigenvalue weighted by Crippen LogP contribution is 2.63. The van der Waals surface area contributed by atoms with E-state index < -0.39 is 0 Å². The Morgan fingerprint density at radius 2 is 1.95 bits per heavy atom. The minimum Gasteiger partial charge on any atom is -0.295 e. The Bertz CT molecular complexity index is 526. The van der Waals surface area contributed by atoms with Crippen LogP contribution < -0.4 is 0 Å². The maximum absolute atomic E-state index is 11.8. The van der Waals surface area contributed by atoms with E-state index in [1.165, 1.54) is 37.7 Å². The maximum atomic E-state index is 11.8. The topological polar surface area (TPSA) is 17.1 Å². The summed E-state index contributed by atoms with van der Waals surface area (Å²) in [6.07, 6.45) is 14.3. The number of hydrogen-bond donors (Lipinski definition) is 0. The van der Waals surface area contributed by atoms with Crippen molar-refractivity contribution in [3.8, 4) is 0 Å². The number of allylic oxidation sites excluding steroid dienone is 4. The molecule has 4 aliphatic rings. The van der Waals surface area contributed by atoms with Gasteiger partial charge in [0.25, 0.3) is 0 Å². The van der Waals surface area contributed by atoms with Gasteiger partial charge in [-0.15, -0.1) is 0 Å². The molecule has 0 bridgehead atoms.